The summed E-state index contributed by atoms with van der Waals surface area (Å²) in [7, 11) is 0. The van der Waals surface area contributed by atoms with Gasteiger partial charge in [-0.2, -0.15) is 5.10 Å². The standard InChI is InChI=1S/C15H16N2O4/c1-3-20-14(18)11-9-10-7-5-6-8-12(10)16-17-13(11)15(19)21-4-2/h5-9,16H,3-4H2,1-2H3. The zero-order chi connectivity index (χ0) is 15.2. The topological polar surface area (TPSA) is 77.0 Å². The Labute approximate surface area is 122 Å². The van der Waals surface area contributed by atoms with E-state index in [1.807, 2.05) is 18.2 Å². The summed E-state index contributed by atoms with van der Waals surface area (Å²) in [6, 6.07) is 7.26. The molecule has 1 heterocycles. The molecule has 0 fully saturated rings. The molecule has 0 saturated heterocycles. The van der Waals surface area contributed by atoms with Crippen LogP contribution in [0.4, 0.5) is 5.69 Å². The minimum atomic E-state index is -0.669. The summed E-state index contributed by atoms with van der Waals surface area (Å²) in [6.07, 6.45) is 1.57. The third-order valence-corrected chi connectivity index (χ3v) is 2.77. The Morgan fingerprint density at radius 1 is 1.10 bits per heavy atom. The first-order chi connectivity index (χ1) is 10.2. The van der Waals surface area contributed by atoms with Crippen LogP contribution in [0.25, 0.3) is 6.08 Å². The molecule has 1 aliphatic heterocycles. The number of hydrogen-bond acceptors (Lipinski definition) is 6. The molecule has 1 aliphatic rings. The molecule has 6 heteroatoms. The molecule has 2 rings (SSSR count). The third-order valence-electron chi connectivity index (χ3n) is 2.77. The van der Waals surface area contributed by atoms with Crippen LogP contribution in [0.15, 0.2) is 34.9 Å². The maximum absolute atomic E-state index is 12.1. The number of hydrogen-bond donors (Lipinski definition) is 1. The van der Waals surface area contributed by atoms with Crippen LogP contribution in [0.5, 0.6) is 0 Å². The van der Waals surface area contributed by atoms with Gasteiger partial charge in [-0.25, -0.2) is 9.59 Å². The molecule has 110 valence electrons. The van der Waals surface area contributed by atoms with Crippen molar-refractivity contribution in [2.75, 3.05) is 18.6 Å². The Morgan fingerprint density at radius 2 is 1.76 bits per heavy atom. The van der Waals surface area contributed by atoms with Gasteiger partial charge >= 0.3 is 11.9 Å². The molecule has 0 radical (unpaired) electrons. The zero-order valence-electron chi connectivity index (χ0n) is 11.9. The number of benzene rings is 1. The molecule has 21 heavy (non-hydrogen) atoms. The maximum Gasteiger partial charge on any atom is 0.359 e. The van der Waals surface area contributed by atoms with Gasteiger partial charge in [0.15, 0.2) is 5.71 Å². The highest BCUT2D eigenvalue weighted by Crippen LogP contribution is 2.23. The number of esters is 2. The van der Waals surface area contributed by atoms with E-state index in [1.54, 1.807) is 26.0 Å². The molecule has 0 atom stereocenters. The SMILES string of the molecule is CCOC(=O)C1=Cc2ccccc2NN=C1C(=O)OCC. The van der Waals surface area contributed by atoms with Gasteiger partial charge in [0.1, 0.15) is 0 Å². The summed E-state index contributed by atoms with van der Waals surface area (Å²) < 4.78 is 9.92. The largest absolute Gasteiger partial charge is 0.462 e. The molecule has 0 unspecified atom stereocenters. The first kappa shape index (κ1) is 14.8. The molecule has 0 amide bonds. The van der Waals surface area contributed by atoms with Crippen molar-refractivity contribution in [3.8, 4) is 0 Å². The van der Waals surface area contributed by atoms with Crippen LogP contribution in [-0.2, 0) is 19.1 Å². The number of hydrazone groups is 1. The van der Waals surface area contributed by atoms with Crippen LogP contribution in [0.2, 0.25) is 0 Å². The highest BCUT2D eigenvalue weighted by Gasteiger charge is 2.27. The first-order valence-electron chi connectivity index (χ1n) is 6.66. The lowest BCUT2D eigenvalue weighted by Crippen LogP contribution is -2.25. The Bertz CT molecular complexity index is 620. The lowest BCUT2D eigenvalue weighted by Gasteiger charge is -2.07. The Balaban J connectivity index is 2.46. The molecule has 0 aromatic heterocycles. The molecular formula is C15H16N2O4. The number of nitrogens with one attached hydrogen (secondary N) is 1. The second-order valence-corrected chi connectivity index (χ2v) is 4.16. The number of para-hydroxylation sites is 1. The van der Waals surface area contributed by atoms with Crippen molar-refractivity contribution < 1.29 is 19.1 Å². The minimum Gasteiger partial charge on any atom is -0.462 e. The monoisotopic (exact) mass is 288 g/mol. The van der Waals surface area contributed by atoms with Gasteiger partial charge in [0.05, 0.1) is 24.5 Å². The second-order valence-electron chi connectivity index (χ2n) is 4.16. The van der Waals surface area contributed by atoms with Crippen LogP contribution in [0.1, 0.15) is 19.4 Å². The number of carbonyl (C=O) groups excluding carboxylic acids is 2. The molecule has 1 N–H and O–H groups in total. The molecule has 0 spiro atoms. The van der Waals surface area contributed by atoms with Gasteiger partial charge < -0.3 is 9.47 Å². The predicted octanol–water partition coefficient (Wildman–Crippen LogP) is 1.98. The predicted molar refractivity (Wildman–Crippen MR) is 78.7 cm³/mol. The van der Waals surface area contributed by atoms with Crippen LogP contribution < -0.4 is 5.43 Å². The average Bonchev–Trinajstić information content (AvgIpc) is 2.67. The number of anilines is 1. The van der Waals surface area contributed by atoms with E-state index in [2.05, 4.69) is 10.5 Å². The van der Waals surface area contributed by atoms with E-state index in [4.69, 9.17) is 9.47 Å². The normalized spacial score (nSPS) is 13.0. The van der Waals surface area contributed by atoms with Gasteiger partial charge in [-0.05, 0) is 26.0 Å². The average molecular weight is 288 g/mol. The second kappa shape index (κ2) is 6.69. The van der Waals surface area contributed by atoms with Crippen LogP contribution in [-0.4, -0.2) is 30.9 Å². The minimum absolute atomic E-state index is 0.0766. The van der Waals surface area contributed by atoms with Crippen molar-refractivity contribution in [2.45, 2.75) is 13.8 Å². The smallest absolute Gasteiger partial charge is 0.359 e. The lowest BCUT2D eigenvalue weighted by molar-refractivity contribution is -0.139. The summed E-state index contributed by atoms with van der Waals surface area (Å²) in [5, 5.41) is 3.99. The molecule has 6 nitrogen and oxygen atoms in total. The van der Waals surface area contributed by atoms with Gasteiger partial charge in [-0.1, -0.05) is 18.2 Å². The summed E-state index contributed by atoms with van der Waals surface area (Å²) in [4.78, 5) is 24.1. The number of nitrogens with zero attached hydrogens (tertiary/aromatic N) is 1. The first-order valence-corrected chi connectivity index (χ1v) is 6.66. The van der Waals surface area contributed by atoms with Crippen molar-refractivity contribution in [3.63, 3.8) is 0 Å². The zero-order valence-corrected chi connectivity index (χ0v) is 11.9. The van der Waals surface area contributed by atoms with Gasteiger partial charge in [0, 0.05) is 5.56 Å². The van der Waals surface area contributed by atoms with E-state index in [9.17, 15) is 9.59 Å². The summed E-state index contributed by atoms with van der Waals surface area (Å²) in [5.74, 6) is -1.28. The molecule has 1 aromatic rings. The van der Waals surface area contributed by atoms with Gasteiger partial charge in [-0.15, -0.1) is 0 Å². The van der Waals surface area contributed by atoms with Crippen LogP contribution in [0.3, 0.4) is 0 Å². The lowest BCUT2D eigenvalue weighted by atomic mass is 10.1. The summed E-state index contributed by atoms with van der Waals surface area (Å²) in [5.41, 5.74) is 4.19. The van der Waals surface area contributed by atoms with E-state index in [0.29, 0.717) is 5.69 Å². The van der Waals surface area contributed by atoms with Crippen molar-refractivity contribution in [1.82, 2.24) is 0 Å². The van der Waals surface area contributed by atoms with E-state index < -0.39 is 11.9 Å². The van der Waals surface area contributed by atoms with E-state index >= 15 is 0 Å². The van der Waals surface area contributed by atoms with Gasteiger partial charge in [0.25, 0.3) is 0 Å². The number of rotatable bonds is 4. The van der Waals surface area contributed by atoms with E-state index in [1.165, 1.54) is 0 Å². The Morgan fingerprint density at radius 3 is 2.48 bits per heavy atom. The summed E-state index contributed by atoms with van der Waals surface area (Å²) in [6.45, 7) is 3.79. The highest BCUT2D eigenvalue weighted by molar-refractivity contribution is 6.50. The van der Waals surface area contributed by atoms with E-state index in [0.717, 1.165) is 5.56 Å². The van der Waals surface area contributed by atoms with Gasteiger partial charge in [-0.3, -0.25) is 5.43 Å². The summed E-state index contributed by atoms with van der Waals surface area (Å²) >= 11 is 0. The number of carbonyl (C=O) groups is 2. The van der Waals surface area contributed by atoms with Crippen LogP contribution >= 0.6 is 0 Å². The fraction of sp³-hybridized carbons (Fsp3) is 0.267. The van der Waals surface area contributed by atoms with E-state index in [-0.39, 0.29) is 24.5 Å². The van der Waals surface area contributed by atoms with Gasteiger partial charge in [0.2, 0.25) is 0 Å². The highest BCUT2D eigenvalue weighted by atomic mass is 16.5. The number of fused-ring (bicyclic) bond motifs is 1. The molecule has 0 bridgehead atoms. The van der Waals surface area contributed by atoms with Crippen LogP contribution in [0, 0.1) is 0 Å². The Hall–Kier alpha value is -2.63. The van der Waals surface area contributed by atoms with Crippen molar-refractivity contribution >= 4 is 29.4 Å². The fourth-order valence-electron chi connectivity index (χ4n) is 1.84. The molecule has 0 aliphatic carbocycles. The van der Waals surface area contributed by atoms with Crippen molar-refractivity contribution in [1.29, 1.82) is 0 Å². The number of ether oxygens (including phenoxy) is 2. The fourth-order valence-corrected chi connectivity index (χ4v) is 1.84. The third kappa shape index (κ3) is 3.28. The molecule has 0 saturated carbocycles. The maximum atomic E-state index is 12.1. The quantitative estimate of drug-likeness (QED) is 0.857. The molecule has 1 aromatic carbocycles. The van der Waals surface area contributed by atoms with Crippen molar-refractivity contribution in [2.24, 2.45) is 5.10 Å². The van der Waals surface area contributed by atoms with Crippen molar-refractivity contribution in [3.05, 3.63) is 35.4 Å². The Kier molecular flexibility index (Phi) is 4.71. The molecular weight excluding hydrogens is 272 g/mol.